The molecule has 118 valence electrons. The smallest absolute Gasteiger partial charge is 0.405 e. The van der Waals surface area contributed by atoms with Crippen LogP contribution in [0.2, 0.25) is 5.02 Å². The molecule has 2 N–H and O–H groups in total. The number of rotatable bonds is 3. The van der Waals surface area contributed by atoms with Gasteiger partial charge in [0.15, 0.2) is 0 Å². The zero-order valence-electron chi connectivity index (χ0n) is 12.1. The van der Waals surface area contributed by atoms with Crippen molar-refractivity contribution in [1.29, 1.82) is 0 Å². The molecule has 0 saturated carbocycles. The van der Waals surface area contributed by atoms with E-state index < -0.39 is 18.0 Å². The standard InChI is InChI=1S/C16H13ClFN3O2/c1-9(19-16(22)23)15-20-12-8-7-11(18)13(17)14(12)21(15)10-5-3-2-4-6-10/h2-9,19H,1H3,(H,22,23)/t9-/m0/s1. The Morgan fingerprint density at radius 1 is 1.30 bits per heavy atom. The molecule has 0 unspecified atom stereocenters. The molecular weight excluding hydrogens is 321 g/mol. The lowest BCUT2D eigenvalue weighted by Gasteiger charge is -2.15. The van der Waals surface area contributed by atoms with Crippen molar-refractivity contribution < 1.29 is 14.3 Å². The summed E-state index contributed by atoms with van der Waals surface area (Å²) in [4.78, 5) is 15.4. The molecule has 0 fully saturated rings. The van der Waals surface area contributed by atoms with Gasteiger partial charge in [-0.2, -0.15) is 0 Å². The van der Waals surface area contributed by atoms with Gasteiger partial charge in [-0.15, -0.1) is 0 Å². The van der Waals surface area contributed by atoms with Gasteiger partial charge in [-0.3, -0.25) is 4.57 Å². The van der Waals surface area contributed by atoms with Gasteiger partial charge in [-0.1, -0.05) is 29.8 Å². The topological polar surface area (TPSA) is 67.2 Å². The Morgan fingerprint density at radius 3 is 2.65 bits per heavy atom. The molecule has 0 bridgehead atoms. The second kappa shape index (κ2) is 5.89. The Balaban J connectivity index is 2.31. The monoisotopic (exact) mass is 333 g/mol. The minimum atomic E-state index is -1.17. The first-order valence-electron chi connectivity index (χ1n) is 6.90. The van der Waals surface area contributed by atoms with Gasteiger partial charge < -0.3 is 10.4 Å². The molecule has 1 amide bonds. The van der Waals surface area contributed by atoms with Crippen LogP contribution >= 0.6 is 11.6 Å². The van der Waals surface area contributed by atoms with E-state index >= 15 is 0 Å². The summed E-state index contributed by atoms with van der Waals surface area (Å²) in [7, 11) is 0. The highest BCUT2D eigenvalue weighted by molar-refractivity contribution is 6.35. The Hall–Kier alpha value is -2.60. The highest BCUT2D eigenvalue weighted by Gasteiger charge is 2.22. The van der Waals surface area contributed by atoms with E-state index in [4.69, 9.17) is 16.7 Å². The number of halogens is 2. The van der Waals surface area contributed by atoms with Gasteiger partial charge in [0.05, 0.1) is 17.1 Å². The largest absolute Gasteiger partial charge is 0.465 e. The normalized spacial score (nSPS) is 12.3. The average molecular weight is 334 g/mol. The lowest BCUT2D eigenvalue weighted by molar-refractivity contribution is 0.190. The minimum absolute atomic E-state index is 0.0485. The molecule has 0 radical (unpaired) electrons. The number of aromatic nitrogens is 2. The van der Waals surface area contributed by atoms with E-state index in [0.717, 1.165) is 5.69 Å². The molecule has 0 saturated heterocycles. The lowest BCUT2D eigenvalue weighted by Crippen LogP contribution is -2.26. The van der Waals surface area contributed by atoms with E-state index in [1.807, 2.05) is 30.3 Å². The summed E-state index contributed by atoms with van der Waals surface area (Å²) in [6, 6.07) is 11.3. The quantitative estimate of drug-likeness (QED) is 0.756. The molecule has 2 aromatic carbocycles. The van der Waals surface area contributed by atoms with E-state index in [-0.39, 0.29) is 5.02 Å². The van der Waals surface area contributed by atoms with Gasteiger partial charge >= 0.3 is 6.09 Å². The third-order valence-corrected chi connectivity index (χ3v) is 3.84. The number of nitrogens with zero attached hydrogens (tertiary/aromatic N) is 2. The average Bonchev–Trinajstić information content (AvgIpc) is 2.91. The van der Waals surface area contributed by atoms with Crippen LogP contribution in [0, 0.1) is 5.82 Å². The van der Waals surface area contributed by atoms with Crippen LogP contribution in [0.5, 0.6) is 0 Å². The Bertz CT molecular complexity index is 880. The summed E-state index contributed by atoms with van der Waals surface area (Å²) < 4.78 is 15.6. The van der Waals surface area contributed by atoms with E-state index in [9.17, 15) is 9.18 Å². The molecule has 3 aromatic rings. The molecule has 0 aliphatic rings. The van der Waals surface area contributed by atoms with Crippen LogP contribution in [0.15, 0.2) is 42.5 Å². The zero-order chi connectivity index (χ0) is 16.6. The van der Waals surface area contributed by atoms with Crippen LogP contribution in [0.4, 0.5) is 9.18 Å². The first-order chi connectivity index (χ1) is 11.0. The summed E-state index contributed by atoms with van der Waals surface area (Å²) >= 11 is 6.13. The Labute approximate surface area is 136 Å². The number of fused-ring (bicyclic) bond motifs is 1. The van der Waals surface area contributed by atoms with E-state index in [2.05, 4.69) is 10.3 Å². The van der Waals surface area contributed by atoms with Crippen molar-refractivity contribution in [3.05, 3.63) is 59.1 Å². The molecule has 1 aromatic heterocycles. The van der Waals surface area contributed by atoms with Crippen LogP contribution in [0.25, 0.3) is 16.7 Å². The number of carbonyl (C=O) groups is 1. The van der Waals surface area contributed by atoms with Crippen LogP contribution in [0.3, 0.4) is 0 Å². The summed E-state index contributed by atoms with van der Waals surface area (Å²) in [5.74, 6) is -0.122. The highest BCUT2D eigenvalue weighted by atomic mass is 35.5. The SMILES string of the molecule is C[C@H](NC(=O)O)c1nc2ccc(F)c(Cl)c2n1-c1ccccc1. The number of hydrogen-bond acceptors (Lipinski definition) is 2. The molecule has 1 heterocycles. The number of amides is 1. The number of para-hydroxylation sites is 1. The Kier molecular flexibility index (Phi) is 3.92. The number of imidazole rings is 1. The minimum Gasteiger partial charge on any atom is -0.465 e. The molecule has 5 nitrogen and oxygen atoms in total. The van der Waals surface area contributed by atoms with E-state index in [1.54, 1.807) is 11.5 Å². The summed E-state index contributed by atoms with van der Waals surface area (Å²) in [5, 5.41) is 11.3. The van der Waals surface area contributed by atoms with Gasteiger partial charge in [0.25, 0.3) is 0 Å². The van der Waals surface area contributed by atoms with Crippen LogP contribution in [-0.4, -0.2) is 20.8 Å². The molecule has 7 heteroatoms. The molecule has 0 aliphatic carbocycles. The van der Waals surface area contributed by atoms with Crippen molar-refractivity contribution in [3.8, 4) is 5.69 Å². The van der Waals surface area contributed by atoms with Crippen molar-refractivity contribution in [1.82, 2.24) is 14.9 Å². The Morgan fingerprint density at radius 2 is 2.00 bits per heavy atom. The molecule has 0 spiro atoms. The third-order valence-electron chi connectivity index (χ3n) is 3.48. The number of hydrogen-bond donors (Lipinski definition) is 2. The fourth-order valence-corrected chi connectivity index (χ4v) is 2.74. The molecule has 3 rings (SSSR count). The fraction of sp³-hybridized carbons (Fsp3) is 0.125. The van der Waals surface area contributed by atoms with Crippen molar-refractivity contribution in [2.24, 2.45) is 0 Å². The first-order valence-corrected chi connectivity index (χ1v) is 7.28. The van der Waals surface area contributed by atoms with Crippen molar-refractivity contribution >= 4 is 28.7 Å². The predicted molar refractivity (Wildman–Crippen MR) is 85.6 cm³/mol. The van der Waals surface area contributed by atoms with E-state index in [0.29, 0.717) is 16.9 Å². The van der Waals surface area contributed by atoms with Gasteiger partial charge in [0.1, 0.15) is 16.7 Å². The first kappa shape index (κ1) is 15.3. The second-order valence-corrected chi connectivity index (χ2v) is 5.42. The van der Waals surface area contributed by atoms with Gasteiger partial charge in [-0.25, -0.2) is 14.2 Å². The predicted octanol–water partition coefficient (Wildman–Crippen LogP) is 4.15. The molecule has 23 heavy (non-hydrogen) atoms. The van der Waals surface area contributed by atoms with Crippen molar-refractivity contribution in [2.45, 2.75) is 13.0 Å². The summed E-state index contributed by atoms with van der Waals surface area (Å²) in [6.45, 7) is 1.67. The van der Waals surface area contributed by atoms with Gasteiger partial charge in [-0.05, 0) is 31.2 Å². The van der Waals surface area contributed by atoms with Crippen LogP contribution in [0.1, 0.15) is 18.8 Å². The summed E-state index contributed by atoms with van der Waals surface area (Å²) in [5.41, 5.74) is 1.62. The maximum atomic E-state index is 13.9. The van der Waals surface area contributed by atoms with Gasteiger partial charge in [0.2, 0.25) is 0 Å². The maximum Gasteiger partial charge on any atom is 0.405 e. The number of nitrogens with one attached hydrogen (secondary N) is 1. The lowest BCUT2D eigenvalue weighted by atomic mass is 10.2. The van der Waals surface area contributed by atoms with Gasteiger partial charge in [0, 0.05) is 5.69 Å². The second-order valence-electron chi connectivity index (χ2n) is 5.04. The summed E-state index contributed by atoms with van der Waals surface area (Å²) in [6.07, 6.45) is -1.17. The zero-order valence-corrected chi connectivity index (χ0v) is 12.9. The molecule has 1 atom stereocenters. The van der Waals surface area contributed by atoms with Crippen LogP contribution < -0.4 is 5.32 Å². The number of carboxylic acid groups (broad SMARTS) is 1. The molecule has 0 aliphatic heterocycles. The highest BCUT2D eigenvalue weighted by Crippen LogP contribution is 2.32. The fourth-order valence-electron chi connectivity index (χ4n) is 2.50. The van der Waals surface area contributed by atoms with Crippen molar-refractivity contribution in [3.63, 3.8) is 0 Å². The van der Waals surface area contributed by atoms with Crippen LogP contribution in [-0.2, 0) is 0 Å². The maximum absolute atomic E-state index is 13.9. The third kappa shape index (κ3) is 2.73. The van der Waals surface area contributed by atoms with Crippen molar-refractivity contribution in [2.75, 3.05) is 0 Å². The molecular formula is C16H13ClFN3O2. The number of benzene rings is 2. The van der Waals surface area contributed by atoms with E-state index in [1.165, 1.54) is 12.1 Å².